The van der Waals surface area contributed by atoms with Gasteiger partial charge in [0.15, 0.2) is 6.10 Å². The minimum atomic E-state index is -1.22. The summed E-state index contributed by atoms with van der Waals surface area (Å²) >= 11 is 0. The lowest BCUT2D eigenvalue weighted by atomic mass is 10.1. The van der Waals surface area contributed by atoms with Crippen LogP contribution in [0.25, 0.3) is 10.9 Å². The third-order valence-corrected chi connectivity index (χ3v) is 6.19. The predicted molar refractivity (Wildman–Crippen MR) is 154 cm³/mol. The fraction of sp³-hybridized carbons (Fsp3) is 0.414. The molecule has 12 heteroatoms. The summed E-state index contributed by atoms with van der Waals surface area (Å²) in [5, 5.41) is 3.26. The van der Waals surface area contributed by atoms with E-state index >= 15 is 0 Å². The van der Waals surface area contributed by atoms with E-state index in [-0.39, 0.29) is 36.8 Å². The number of carbonyl (C=O) groups is 3. The highest BCUT2D eigenvalue weighted by atomic mass is 19.1. The van der Waals surface area contributed by atoms with E-state index in [4.69, 9.17) is 4.74 Å². The molecular formula is C29H37FN6O5. The van der Waals surface area contributed by atoms with Crippen LogP contribution in [0.3, 0.4) is 0 Å². The zero-order chi connectivity index (χ0) is 30.3. The lowest BCUT2D eigenvalue weighted by molar-refractivity contribution is -0.125. The fourth-order valence-corrected chi connectivity index (χ4v) is 4.10. The summed E-state index contributed by atoms with van der Waals surface area (Å²) in [4.78, 5) is 57.2. The van der Waals surface area contributed by atoms with Gasteiger partial charge in [-0.25, -0.2) is 14.2 Å². The number of carbonyl (C=O) groups excluding carboxylic acids is 3. The number of ether oxygens (including phenoxy) is 1. The van der Waals surface area contributed by atoms with E-state index in [1.54, 1.807) is 26.2 Å². The second-order valence-corrected chi connectivity index (χ2v) is 10.6. The lowest BCUT2D eigenvalue weighted by Gasteiger charge is -2.19. The number of hydrogen-bond donors (Lipinski definition) is 1. The molecule has 2 aromatic heterocycles. The van der Waals surface area contributed by atoms with Gasteiger partial charge in [0.2, 0.25) is 5.91 Å². The van der Waals surface area contributed by atoms with Crippen molar-refractivity contribution in [2.45, 2.75) is 45.9 Å². The molecule has 0 saturated carbocycles. The molecule has 1 atom stereocenters. The minimum Gasteiger partial charge on any atom is -0.436 e. The van der Waals surface area contributed by atoms with Crippen LogP contribution < -0.4 is 10.9 Å². The van der Waals surface area contributed by atoms with Crippen LogP contribution in [0.5, 0.6) is 0 Å². The van der Waals surface area contributed by atoms with Crippen molar-refractivity contribution < 1.29 is 23.5 Å². The Morgan fingerprint density at radius 3 is 2.51 bits per heavy atom. The molecular weight excluding hydrogens is 531 g/mol. The molecule has 11 nitrogen and oxygen atoms in total. The molecule has 3 aromatic rings. The van der Waals surface area contributed by atoms with E-state index in [0.717, 1.165) is 16.6 Å². The van der Waals surface area contributed by atoms with Crippen LogP contribution in [0.2, 0.25) is 0 Å². The fourth-order valence-electron chi connectivity index (χ4n) is 4.10. The molecule has 220 valence electrons. The topological polar surface area (TPSA) is 119 Å². The average molecular weight is 569 g/mol. The number of rotatable bonds is 11. The maximum atomic E-state index is 13.9. The molecule has 0 bridgehead atoms. The maximum Gasteiger partial charge on any atom is 0.410 e. The number of halogens is 1. The second kappa shape index (κ2) is 13.7. The summed E-state index contributed by atoms with van der Waals surface area (Å²) in [5.41, 5.74) is 1.05. The first-order chi connectivity index (χ1) is 19.4. The molecule has 0 aliphatic rings. The maximum absolute atomic E-state index is 13.9. The van der Waals surface area contributed by atoms with E-state index in [2.05, 4.69) is 24.1 Å². The lowest BCUT2D eigenvalue weighted by Crippen LogP contribution is -2.37. The van der Waals surface area contributed by atoms with Crippen LogP contribution in [0.15, 0.2) is 53.7 Å². The van der Waals surface area contributed by atoms with E-state index in [1.807, 2.05) is 10.6 Å². The van der Waals surface area contributed by atoms with Crippen molar-refractivity contribution in [3.63, 3.8) is 0 Å². The Hall–Kier alpha value is -4.48. The number of allylic oxidation sites excluding steroid dienone is 1. The first-order valence-corrected chi connectivity index (χ1v) is 13.3. The van der Waals surface area contributed by atoms with Gasteiger partial charge in [0.05, 0.1) is 19.1 Å². The Labute approximate surface area is 238 Å². The number of nitrogens with one attached hydrogen (secondary N) is 1. The number of aromatic nitrogens is 3. The molecule has 0 aliphatic carbocycles. The van der Waals surface area contributed by atoms with E-state index in [9.17, 15) is 23.6 Å². The van der Waals surface area contributed by atoms with Crippen molar-refractivity contribution in [3.8, 4) is 0 Å². The van der Waals surface area contributed by atoms with Gasteiger partial charge in [-0.2, -0.15) is 0 Å². The third kappa shape index (κ3) is 8.26. The number of benzene rings is 1. The molecule has 0 saturated heterocycles. The van der Waals surface area contributed by atoms with E-state index in [1.165, 1.54) is 59.2 Å². The average Bonchev–Trinajstić information content (AvgIpc) is 3.22. The molecule has 2 heterocycles. The van der Waals surface area contributed by atoms with Crippen LogP contribution in [0.1, 0.15) is 32.4 Å². The Balaban J connectivity index is 1.83. The normalized spacial score (nSPS) is 12.1. The Kier molecular flexibility index (Phi) is 10.4. The van der Waals surface area contributed by atoms with Crippen molar-refractivity contribution in [1.29, 1.82) is 0 Å². The van der Waals surface area contributed by atoms with E-state index in [0.29, 0.717) is 12.5 Å². The van der Waals surface area contributed by atoms with Crippen molar-refractivity contribution in [1.82, 2.24) is 23.9 Å². The first kappa shape index (κ1) is 31.1. The summed E-state index contributed by atoms with van der Waals surface area (Å²) in [6.45, 7) is 4.94. The highest BCUT2D eigenvalue weighted by Crippen LogP contribution is 2.23. The molecule has 3 rings (SSSR count). The molecule has 0 fully saturated rings. The van der Waals surface area contributed by atoms with Gasteiger partial charge in [0, 0.05) is 51.3 Å². The molecule has 1 unspecified atom stereocenters. The molecule has 0 aliphatic heterocycles. The SMILES string of the molecule is CC(C)Cn1c(Cn2cncc(NC(=O)C(CCC=CC(=O)N(C)C)OC(=O)N(C)C)c2=O)cc2cc(F)ccc21. The van der Waals surface area contributed by atoms with Gasteiger partial charge in [-0.05, 0) is 49.1 Å². The molecule has 1 N–H and O–H groups in total. The zero-order valence-corrected chi connectivity index (χ0v) is 24.3. The molecule has 1 aromatic carbocycles. The Bertz CT molecular complexity index is 1490. The van der Waals surface area contributed by atoms with Gasteiger partial charge in [0.25, 0.3) is 11.5 Å². The van der Waals surface area contributed by atoms with Crippen molar-refractivity contribution in [2.24, 2.45) is 5.92 Å². The monoisotopic (exact) mass is 568 g/mol. The van der Waals surface area contributed by atoms with Crippen LogP contribution in [0, 0.1) is 11.7 Å². The van der Waals surface area contributed by atoms with Crippen molar-refractivity contribution >= 4 is 34.5 Å². The van der Waals surface area contributed by atoms with Crippen molar-refractivity contribution in [3.05, 3.63) is 70.8 Å². The minimum absolute atomic E-state index is 0.0840. The summed E-state index contributed by atoms with van der Waals surface area (Å²) in [7, 11) is 6.21. The number of amides is 3. The van der Waals surface area contributed by atoms with Gasteiger partial charge in [0.1, 0.15) is 11.5 Å². The summed E-state index contributed by atoms with van der Waals surface area (Å²) in [6.07, 6.45) is 3.97. The number of fused-ring (bicyclic) bond motifs is 1. The van der Waals surface area contributed by atoms with Gasteiger partial charge in [-0.3, -0.25) is 19.0 Å². The molecule has 41 heavy (non-hydrogen) atoms. The van der Waals surface area contributed by atoms with Crippen LogP contribution in [0.4, 0.5) is 14.9 Å². The highest BCUT2D eigenvalue weighted by Gasteiger charge is 2.25. The third-order valence-electron chi connectivity index (χ3n) is 6.19. The number of likely N-dealkylation sites (N-methyl/N-ethyl adjacent to an activating group) is 1. The number of nitrogens with zero attached hydrogens (tertiary/aromatic N) is 5. The summed E-state index contributed by atoms with van der Waals surface area (Å²) in [5.74, 6) is -0.968. The van der Waals surface area contributed by atoms with Crippen LogP contribution in [-0.4, -0.2) is 76.1 Å². The van der Waals surface area contributed by atoms with Gasteiger partial charge in [-0.15, -0.1) is 0 Å². The van der Waals surface area contributed by atoms with Crippen LogP contribution in [-0.2, 0) is 27.4 Å². The van der Waals surface area contributed by atoms with Gasteiger partial charge in [-0.1, -0.05) is 19.9 Å². The van der Waals surface area contributed by atoms with E-state index < -0.39 is 23.7 Å². The van der Waals surface area contributed by atoms with Gasteiger partial charge >= 0.3 is 6.09 Å². The second-order valence-electron chi connectivity index (χ2n) is 10.6. The molecule has 0 radical (unpaired) electrons. The smallest absolute Gasteiger partial charge is 0.410 e. The largest absolute Gasteiger partial charge is 0.436 e. The summed E-state index contributed by atoms with van der Waals surface area (Å²) in [6, 6.07) is 6.41. The molecule has 3 amide bonds. The first-order valence-electron chi connectivity index (χ1n) is 13.3. The van der Waals surface area contributed by atoms with Crippen LogP contribution >= 0.6 is 0 Å². The highest BCUT2D eigenvalue weighted by molar-refractivity contribution is 5.95. The summed E-state index contributed by atoms with van der Waals surface area (Å²) < 4.78 is 22.6. The number of anilines is 1. The zero-order valence-electron chi connectivity index (χ0n) is 24.3. The van der Waals surface area contributed by atoms with Crippen molar-refractivity contribution in [2.75, 3.05) is 33.5 Å². The standard InChI is InChI=1S/C29H37FN6O5/c1-19(2)16-36-22(14-20-13-21(30)11-12-24(20)36)17-35-18-31-15-23(28(35)39)32-27(38)25(41-29(40)34(5)6)9-7-8-10-26(37)33(3)4/h8,10-15,18-19,25H,7,9,16-17H2,1-6H3,(H,32,38). The van der Waals surface area contributed by atoms with Gasteiger partial charge < -0.3 is 24.4 Å². The molecule has 0 spiro atoms. The Morgan fingerprint density at radius 2 is 1.85 bits per heavy atom. The predicted octanol–water partition coefficient (Wildman–Crippen LogP) is 3.47. The Morgan fingerprint density at radius 1 is 1.12 bits per heavy atom. The quantitative estimate of drug-likeness (QED) is 0.354. The number of hydrogen-bond acceptors (Lipinski definition) is 6.